The zero-order valence-electron chi connectivity index (χ0n) is 15.2. The monoisotopic (exact) mass is 363 g/mol. The van der Waals surface area contributed by atoms with Crippen LogP contribution in [0, 0.1) is 6.92 Å². The Hall–Kier alpha value is -2.05. The third kappa shape index (κ3) is 4.52. The number of sulfonamides is 1. The SMILES string of the molecule is CCOc1ccc(S(=O)(=O)N(C)Cc2ccccc2C)cc1OCC. The fraction of sp³-hybridized carbons (Fsp3) is 0.368. The van der Waals surface area contributed by atoms with Gasteiger partial charge in [0.15, 0.2) is 11.5 Å². The second kappa shape index (κ2) is 8.36. The van der Waals surface area contributed by atoms with Crippen LogP contribution in [0.2, 0.25) is 0 Å². The molecule has 0 aliphatic rings. The molecule has 0 atom stereocenters. The molecule has 0 aromatic heterocycles. The van der Waals surface area contributed by atoms with Gasteiger partial charge in [-0.1, -0.05) is 24.3 Å². The molecule has 0 aliphatic carbocycles. The number of aryl methyl sites for hydroxylation is 1. The lowest BCUT2D eigenvalue weighted by atomic mass is 10.1. The lowest BCUT2D eigenvalue weighted by molar-refractivity contribution is 0.287. The van der Waals surface area contributed by atoms with Crippen LogP contribution in [0.4, 0.5) is 0 Å². The maximum atomic E-state index is 12.9. The largest absolute Gasteiger partial charge is 0.490 e. The van der Waals surface area contributed by atoms with Crippen LogP contribution in [-0.2, 0) is 16.6 Å². The van der Waals surface area contributed by atoms with E-state index >= 15 is 0 Å². The fourth-order valence-electron chi connectivity index (χ4n) is 2.48. The molecule has 0 heterocycles. The van der Waals surface area contributed by atoms with Crippen LogP contribution < -0.4 is 9.47 Å². The molecule has 6 heteroatoms. The smallest absolute Gasteiger partial charge is 0.243 e. The summed E-state index contributed by atoms with van der Waals surface area (Å²) in [6.45, 7) is 6.92. The molecule has 136 valence electrons. The van der Waals surface area contributed by atoms with Gasteiger partial charge in [-0.15, -0.1) is 0 Å². The second-order valence-corrected chi connectivity index (χ2v) is 7.71. The summed E-state index contributed by atoms with van der Waals surface area (Å²) >= 11 is 0. The Labute approximate surface area is 150 Å². The number of benzene rings is 2. The van der Waals surface area contributed by atoms with E-state index in [9.17, 15) is 8.42 Å². The summed E-state index contributed by atoms with van der Waals surface area (Å²) in [6.07, 6.45) is 0. The van der Waals surface area contributed by atoms with Crippen LogP contribution in [0.15, 0.2) is 47.4 Å². The Morgan fingerprint density at radius 3 is 2.24 bits per heavy atom. The summed E-state index contributed by atoms with van der Waals surface area (Å²) in [5.74, 6) is 0.986. The zero-order chi connectivity index (χ0) is 18.4. The van der Waals surface area contributed by atoms with Crippen LogP contribution in [0.5, 0.6) is 11.5 Å². The lowest BCUT2D eigenvalue weighted by Gasteiger charge is -2.19. The Morgan fingerprint density at radius 1 is 0.960 bits per heavy atom. The highest BCUT2D eigenvalue weighted by molar-refractivity contribution is 7.89. The summed E-state index contributed by atoms with van der Waals surface area (Å²) in [6, 6.07) is 12.5. The van der Waals surface area contributed by atoms with Gasteiger partial charge in [-0.3, -0.25) is 0 Å². The molecule has 0 fully saturated rings. The number of ether oxygens (including phenoxy) is 2. The van der Waals surface area contributed by atoms with Crippen molar-refractivity contribution in [2.75, 3.05) is 20.3 Å². The molecular weight excluding hydrogens is 338 g/mol. The maximum absolute atomic E-state index is 12.9. The second-order valence-electron chi connectivity index (χ2n) is 5.66. The van der Waals surface area contributed by atoms with Gasteiger partial charge in [0.25, 0.3) is 0 Å². The van der Waals surface area contributed by atoms with Gasteiger partial charge in [0, 0.05) is 19.7 Å². The highest BCUT2D eigenvalue weighted by atomic mass is 32.2. The normalized spacial score (nSPS) is 11.6. The van der Waals surface area contributed by atoms with Gasteiger partial charge in [-0.25, -0.2) is 8.42 Å². The molecule has 0 unspecified atom stereocenters. The van der Waals surface area contributed by atoms with Crippen molar-refractivity contribution >= 4 is 10.0 Å². The van der Waals surface area contributed by atoms with Crippen molar-refractivity contribution < 1.29 is 17.9 Å². The summed E-state index contributed by atoms with van der Waals surface area (Å²) in [7, 11) is -2.05. The minimum Gasteiger partial charge on any atom is -0.490 e. The van der Waals surface area contributed by atoms with Crippen LogP contribution in [0.3, 0.4) is 0 Å². The molecule has 25 heavy (non-hydrogen) atoms. The standard InChI is InChI=1S/C19H25NO4S/c1-5-23-18-12-11-17(13-19(18)24-6-2)25(21,22)20(4)14-16-10-8-7-9-15(16)3/h7-13H,5-6,14H2,1-4H3. The summed E-state index contributed by atoms with van der Waals surface area (Å²) in [5.41, 5.74) is 2.04. The molecular formula is C19H25NO4S. The van der Waals surface area contributed by atoms with Gasteiger partial charge in [0.2, 0.25) is 10.0 Å². The van der Waals surface area contributed by atoms with E-state index in [1.807, 2.05) is 45.0 Å². The Balaban J connectivity index is 2.31. The molecule has 0 N–H and O–H groups in total. The molecule has 0 bridgehead atoms. The van der Waals surface area contributed by atoms with E-state index in [2.05, 4.69) is 0 Å². The van der Waals surface area contributed by atoms with Crippen LogP contribution in [-0.4, -0.2) is 33.0 Å². The van der Waals surface area contributed by atoms with Crippen molar-refractivity contribution in [3.05, 3.63) is 53.6 Å². The van der Waals surface area contributed by atoms with E-state index in [0.29, 0.717) is 31.3 Å². The summed E-state index contributed by atoms with van der Waals surface area (Å²) in [5, 5.41) is 0. The molecule has 0 saturated heterocycles. The highest BCUT2D eigenvalue weighted by Gasteiger charge is 2.23. The maximum Gasteiger partial charge on any atom is 0.243 e. The molecule has 0 amide bonds. The van der Waals surface area contributed by atoms with E-state index in [-0.39, 0.29) is 4.90 Å². The van der Waals surface area contributed by atoms with Crippen LogP contribution in [0.1, 0.15) is 25.0 Å². The van der Waals surface area contributed by atoms with Gasteiger partial charge >= 0.3 is 0 Å². The van der Waals surface area contributed by atoms with Crippen molar-refractivity contribution in [3.8, 4) is 11.5 Å². The van der Waals surface area contributed by atoms with Gasteiger partial charge < -0.3 is 9.47 Å². The van der Waals surface area contributed by atoms with E-state index in [4.69, 9.17) is 9.47 Å². The highest BCUT2D eigenvalue weighted by Crippen LogP contribution is 2.31. The minimum atomic E-state index is -3.63. The van der Waals surface area contributed by atoms with Gasteiger partial charge in [-0.05, 0) is 44.0 Å². The zero-order valence-corrected chi connectivity index (χ0v) is 16.0. The molecule has 2 aromatic carbocycles. The summed E-state index contributed by atoms with van der Waals surface area (Å²) in [4.78, 5) is 0.190. The van der Waals surface area contributed by atoms with Crippen molar-refractivity contribution in [1.29, 1.82) is 0 Å². The first kappa shape index (κ1) is 19.3. The van der Waals surface area contributed by atoms with Crippen LogP contribution >= 0.6 is 0 Å². The lowest BCUT2D eigenvalue weighted by Crippen LogP contribution is -2.26. The van der Waals surface area contributed by atoms with E-state index in [0.717, 1.165) is 11.1 Å². The average molecular weight is 363 g/mol. The van der Waals surface area contributed by atoms with Crippen molar-refractivity contribution in [1.82, 2.24) is 4.31 Å². The van der Waals surface area contributed by atoms with Crippen molar-refractivity contribution in [2.24, 2.45) is 0 Å². The molecule has 5 nitrogen and oxygen atoms in total. The average Bonchev–Trinajstić information content (AvgIpc) is 2.58. The molecule has 0 spiro atoms. The number of hydrogen-bond acceptors (Lipinski definition) is 4. The third-order valence-electron chi connectivity index (χ3n) is 3.88. The number of rotatable bonds is 8. The Kier molecular flexibility index (Phi) is 6.45. The number of hydrogen-bond donors (Lipinski definition) is 0. The first-order valence-corrected chi connectivity index (χ1v) is 9.74. The molecule has 0 saturated carbocycles. The predicted octanol–water partition coefficient (Wildman–Crippen LogP) is 3.61. The van der Waals surface area contributed by atoms with Gasteiger partial charge in [0.1, 0.15) is 0 Å². The molecule has 2 rings (SSSR count). The number of nitrogens with zero attached hydrogens (tertiary/aromatic N) is 1. The predicted molar refractivity (Wildman–Crippen MR) is 98.6 cm³/mol. The Bertz CT molecular complexity index is 818. The third-order valence-corrected chi connectivity index (χ3v) is 5.68. The van der Waals surface area contributed by atoms with Crippen molar-refractivity contribution in [3.63, 3.8) is 0 Å². The first-order chi connectivity index (χ1) is 11.9. The fourth-order valence-corrected chi connectivity index (χ4v) is 3.65. The molecule has 2 aromatic rings. The minimum absolute atomic E-state index is 0.190. The van der Waals surface area contributed by atoms with E-state index < -0.39 is 10.0 Å². The van der Waals surface area contributed by atoms with E-state index in [1.54, 1.807) is 19.2 Å². The first-order valence-electron chi connectivity index (χ1n) is 8.30. The van der Waals surface area contributed by atoms with Gasteiger partial charge in [0.05, 0.1) is 18.1 Å². The topological polar surface area (TPSA) is 55.8 Å². The quantitative estimate of drug-likeness (QED) is 0.719. The van der Waals surface area contributed by atoms with Crippen LogP contribution in [0.25, 0.3) is 0 Å². The molecule has 0 radical (unpaired) electrons. The van der Waals surface area contributed by atoms with E-state index in [1.165, 1.54) is 10.4 Å². The Morgan fingerprint density at radius 2 is 1.60 bits per heavy atom. The summed E-state index contributed by atoms with van der Waals surface area (Å²) < 4.78 is 38.2. The molecule has 0 aliphatic heterocycles. The van der Waals surface area contributed by atoms with Gasteiger partial charge in [-0.2, -0.15) is 4.31 Å². The van der Waals surface area contributed by atoms with Crippen molar-refractivity contribution in [2.45, 2.75) is 32.2 Å².